The summed E-state index contributed by atoms with van der Waals surface area (Å²) in [7, 11) is 0. The molecule has 0 atom stereocenters. The number of hydrogen-bond donors (Lipinski definition) is 0. The van der Waals surface area contributed by atoms with Gasteiger partial charge in [0.1, 0.15) is 16.3 Å². The summed E-state index contributed by atoms with van der Waals surface area (Å²) in [6.07, 6.45) is 1.24. The van der Waals surface area contributed by atoms with Gasteiger partial charge in [0.15, 0.2) is 0 Å². The molecule has 4 heteroatoms. The predicted octanol–water partition coefficient (Wildman–Crippen LogP) is 1.58. The van der Waals surface area contributed by atoms with Gasteiger partial charge in [0.25, 0.3) is 0 Å². The molecule has 0 saturated heterocycles. The van der Waals surface area contributed by atoms with Crippen molar-refractivity contribution in [1.29, 1.82) is 0 Å². The molecule has 1 aromatic heterocycles. The average Bonchev–Trinajstić information content (AvgIpc) is 2.35. The van der Waals surface area contributed by atoms with E-state index in [4.69, 9.17) is 0 Å². The molecular formula is C8H12N2OS. The third-order valence-corrected chi connectivity index (χ3v) is 2.74. The van der Waals surface area contributed by atoms with Gasteiger partial charge in [0, 0.05) is 5.41 Å². The minimum atomic E-state index is 0.0405. The van der Waals surface area contributed by atoms with Gasteiger partial charge in [-0.3, -0.25) is 0 Å². The SMILES string of the molecule is CC(C)(C)c1nnc(CC=O)s1. The number of hydrogen-bond acceptors (Lipinski definition) is 4. The quantitative estimate of drug-likeness (QED) is 0.655. The van der Waals surface area contributed by atoms with Crippen molar-refractivity contribution in [2.75, 3.05) is 0 Å². The Hall–Kier alpha value is -0.770. The van der Waals surface area contributed by atoms with Crippen LogP contribution in [-0.2, 0) is 16.6 Å². The van der Waals surface area contributed by atoms with E-state index < -0.39 is 0 Å². The van der Waals surface area contributed by atoms with E-state index in [1.54, 1.807) is 0 Å². The zero-order valence-corrected chi connectivity index (χ0v) is 8.31. The van der Waals surface area contributed by atoms with Crippen molar-refractivity contribution in [1.82, 2.24) is 10.2 Å². The monoisotopic (exact) mass is 184 g/mol. The Kier molecular flexibility index (Phi) is 2.57. The lowest BCUT2D eigenvalue weighted by Gasteiger charge is -2.12. The topological polar surface area (TPSA) is 42.9 Å². The lowest BCUT2D eigenvalue weighted by molar-refractivity contribution is -0.107. The van der Waals surface area contributed by atoms with Gasteiger partial charge in [0.05, 0.1) is 6.42 Å². The van der Waals surface area contributed by atoms with Crippen LogP contribution in [0.3, 0.4) is 0 Å². The van der Waals surface area contributed by atoms with E-state index in [0.29, 0.717) is 6.42 Å². The molecule has 0 N–H and O–H groups in total. The van der Waals surface area contributed by atoms with E-state index in [-0.39, 0.29) is 5.41 Å². The second kappa shape index (κ2) is 3.31. The van der Waals surface area contributed by atoms with Crippen LogP contribution in [-0.4, -0.2) is 16.5 Å². The highest BCUT2D eigenvalue weighted by Crippen LogP contribution is 2.25. The van der Waals surface area contributed by atoms with Crippen LogP contribution in [0.15, 0.2) is 0 Å². The van der Waals surface area contributed by atoms with Crippen molar-refractivity contribution in [2.24, 2.45) is 0 Å². The van der Waals surface area contributed by atoms with Crippen molar-refractivity contribution in [2.45, 2.75) is 32.6 Å². The van der Waals surface area contributed by atoms with E-state index in [0.717, 1.165) is 16.3 Å². The first-order valence-corrected chi connectivity index (χ1v) is 4.62. The first-order chi connectivity index (χ1) is 5.54. The van der Waals surface area contributed by atoms with E-state index in [1.165, 1.54) is 11.3 Å². The van der Waals surface area contributed by atoms with Crippen molar-refractivity contribution in [3.05, 3.63) is 10.0 Å². The first-order valence-electron chi connectivity index (χ1n) is 3.80. The summed E-state index contributed by atoms with van der Waals surface area (Å²) < 4.78 is 0. The molecule has 3 nitrogen and oxygen atoms in total. The number of aldehydes is 1. The van der Waals surface area contributed by atoms with Crippen LogP contribution in [0.5, 0.6) is 0 Å². The molecule has 0 bridgehead atoms. The number of carbonyl (C=O) groups excluding carboxylic acids is 1. The summed E-state index contributed by atoms with van der Waals surface area (Å²) >= 11 is 1.51. The van der Waals surface area contributed by atoms with E-state index in [2.05, 4.69) is 31.0 Å². The molecule has 0 aliphatic rings. The average molecular weight is 184 g/mol. The second-order valence-electron chi connectivity index (χ2n) is 3.62. The van der Waals surface area contributed by atoms with Gasteiger partial charge in [-0.15, -0.1) is 21.5 Å². The predicted molar refractivity (Wildman–Crippen MR) is 48.4 cm³/mol. The van der Waals surface area contributed by atoms with E-state index >= 15 is 0 Å². The summed E-state index contributed by atoms with van der Waals surface area (Å²) in [6, 6.07) is 0. The maximum Gasteiger partial charge on any atom is 0.126 e. The molecule has 1 aromatic rings. The Labute approximate surface area is 75.8 Å². The van der Waals surface area contributed by atoms with Crippen molar-refractivity contribution >= 4 is 17.6 Å². The highest BCUT2D eigenvalue weighted by atomic mass is 32.1. The van der Waals surface area contributed by atoms with Crippen molar-refractivity contribution in [3.63, 3.8) is 0 Å². The Morgan fingerprint density at radius 3 is 2.50 bits per heavy atom. The molecule has 66 valence electrons. The Morgan fingerprint density at radius 1 is 1.42 bits per heavy atom. The van der Waals surface area contributed by atoms with Crippen LogP contribution in [0.4, 0.5) is 0 Å². The molecule has 1 rings (SSSR count). The smallest absolute Gasteiger partial charge is 0.126 e. The van der Waals surface area contributed by atoms with E-state index in [1.807, 2.05) is 0 Å². The Balaban J connectivity index is 2.84. The zero-order valence-electron chi connectivity index (χ0n) is 7.50. The van der Waals surface area contributed by atoms with Gasteiger partial charge in [-0.25, -0.2) is 0 Å². The molecule has 0 fully saturated rings. The molecule has 0 amide bonds. The van der Waals surface area contributed by atoms with Crippen LogP contribution in [0.2, 0.25) is 0 Å². The van der Waals surface area contributed by atoms with Gasteiger partial charge in [-0.2, -0.15) is 0 Å². The zero-order chi connectivity index (χ0) is 9.19. The standard InChI is InChI=1S/C8H12N2OS/c1-8(2,3)7-10-9-6(12-7)4-5-11/h5H,4H2,1-3H3. The lowest BCUT2D eigenvalue weighted by Crippen LogP contribution is -2.10. The molecule has 0 aliphatic carbocycles. The van der Waals surface area contributed by atoms with Crippen LogP contribution in [0.1, 0.15) is 30.8 Å². The maximum atomic E-state index is 10.2. The summed E-state index contributed by atoms with van der Waals surface area (Å²) in [6.45, 7) is 6.24. The van der Waals surface area contributed by atoms with Gasteiger partial charge >= 0.3 is 0 Å². The number of rotatable bonds is 2. The fourth-order valence-electron chi connectivity index (χ4n) is 0.710. The van der Waals surface area contributed by atoms with Crippen LogP contribution >= 0.6 is 11.3 Å². The third-order valence-electron chi connectivity index (χ3n) is 1.37. The maximum absolute atomic E-state index is 10.2. The normalized spacial score (nSPS) is 11.6. The Morgan fingerprint density at radius 2 is 2.08 bits per heavy atom. The Bertz CT molecular complexity index is 275. The third kappa shape index (κ3) is 2.11. The molecule has 0 radical (unpaired) electrons. The minimum absolute atomic E-state index is 0.0405. The minimum Gasteiger partial charge on any atom is -0.303 e. The molecule has 0 aromatic carbocycles. The van der Waals surface area contributed by atoms with Crippen LogP contribution in [0, 0.1) is 0 Å². The molecule has 0 unspecified atom stereocenters. The summed E-state index contributed by atoms with van der Waals surface area (Å²) in [5.41, 5.74) is 0.0405. The molecule has 0 saturated carbocycles. The van der Waals surface area contributed by atoms with Crippen molar-refractivity contribution < 1.29 is 4.79 Å². The number of nitrogens with zero attached hydrogens (tertiary/aromatic N) is 2. The molecule has 0 aliphatic heterocycles. The second-order valence-corrected chi connectivity index (χ2v) is 4.68. The molecule has 1 heterocycles. The lowest BCUT2D eigenvalue weighted by atomic mass is 9.98. The molecular weight excluding hydrogens is 172 g/mol. The van der Waals surface area contributed by atoms with Gasteiger partial charge < -0.3 is 4.79 Å². The first kappa shape index (κ1) is 9.32. The summed E-state index contributed by atoms with van der Waals surface area (Å²) in [5, 5.41) is 9.71. The number of carbonyl (C=O) groups is 1. The number of aromatic nitrogens is 2. The fourth-order valence-corrected chi connectivity index (χ4v) is 1.55. The summed E-state index contributed by atoms with van der Waals surface area (Å²) in [5.74, 6) is 0. The van der Waals surface area contributed by atoms with Gasteiger partial charge in [0.2, 0.25) is 0 Å². The van der Waals surface area contributed by atoms with Gasteiger partial charge in [-0.1, -0.05) is 20.8 Å². The van der Waals surface area contributed by atoms with E-state index in [9.17, 15) is 4.79 Å². The largest absolute Gasteiger partial charge is 0.303 e. The van der Waals surface area contributed by atoms with Crippen LogP contribution < -0.4 is 0 Å². The van der Waals surface area contributed by atoms with Gasteiger partial charge in [-0.05, 0) is 0 Å². The summed E-state index contributed by atoms with van der Waals surface area (Å²) in [4.78, 5) is 10.2. The molecule has 0 spiro atoms. The fraction of sp³-hybridized carbons (Fsp3) is 0.625. The highest BCUT2D eigenvalue weighted by molar-refractivity contribution is 7.11. The van der Waals surface area contributed by atoms with Crippen molar-refractivity contribution in [3.8, 4) is 0 Å². The molecule has 12 heavy (non-hydrogen) atoms. The van der Waals surface area contributed by atoms with Crippen LogP contribution in [0.25, 0.3) is 0 Å². The highest BCUT2D eigenvalue weighted by Gasteiger charge is 2.18.